The molecule has 2 aromatic carbocycles. The van der Waals surface area contributed by atoms with Gasteiger partial charge in [-0.1, -0.05) is 0 Å². The summed E-state index contributed by atoms with van der Waals surface area (Å²) in [6, 6.07) is 15.3. The quantitative estimate of drug-likeness (QED) is 0.440. The van der Waals surface area contributed by atoms with E-state index in [2.05, 4.69) is 26.7 Å². The zero-order chi connectivity index (χ0) is 21.3. The first-order chi connectivity index (χ1) is 14.4. The predicted molar refractivity (Wildman–Crippen MR) is 108 cm³/mol. The molecule has 0 spiro atoms. The number of aromatic nitrogens is 4. The molecule has 2 heterocycles. The van der Waals surface area contributed by atoms with Gasteiger partial charge in [0.25, 0.3) is 0 Å². The monoisotopic (exact) mass is 401 g/mol. The number of amides is 1. The Labute approximate surface area is 170 Å². The topological polar surface area (TPSA) is 151 Å². The van der Waals surface area contributed by atoms with Crippen molar-refractivity contribution in [3.05, 3.63) is 59.9 Å². The second-order valence-electron chi connectivity index (χ2n) is 6.35. The van der Waals surface area contributed by atoms with Crippen LogP contribution in [0.4, 0.5) is 16.2 Å². The lowest BCUT2D eigenvalue weighted by atomic mass is 10.1. The number of nitriles is 1. The van der Waals surface area contributed by atoms with E-state index in [4.69, 9.17) is 15.7 Å². The normalized spacial score (nSPS) is 10.5. The standard InChI is InChI=1S/C20H15N7O3/c1-11-24-25-19-17(23-20(28)29)9-16(26-27(11)19)15-8-13(22)4-7-18(15)30-14-5-2-12(10-21)3-6-14/h2-9,23H,22H2,1H3,(H,28,29). The lowest BCUT2D eigenvalue weighted by molar-refractivity contribution is 0.210. The first kappa shape index (κ1) is 18.7. The maximum atomic E-state index is 11.2. The molecule has 0 unspecified atom stereocenters. The molecule has 0 radical (unpaired) electrons. The van der Waals surface area contributed by atoms with E-state index in [0.717, 1.165) is 0 Å². The molecule has 1 amide bonds. The van der Waals surface area contributed by atoms with Gasteiger partial charge in [-0.15, -0.1) is 10.2 Å². The van der Waals surface area contributed by atoms with Gasteiger partial charge in [0, 0.05) is 11.3 Å². The molecule has 10 nitrogen and oxygen atoms in total. The number of fused-ring (bicyclic) bond motifs is 1. The van der Waals surface area contributed by atoms with E-state index in [9.17, 15) is 9.90 Å². The van der Waals surface area contributed by atoms with Gasteiger partial charge in [0.05, 0.1) is 23.0 Å². The van der Waals surface area contributed by atoms with Gasteiger partial charge >= 0.3 is 6.09 Å². The van der Waals surface area contributed by atoms with E-state index in [0.29, 0.717) is 39.8 Å². The van der Waals surface area contributed by atoms with Gasteiger partial charge in [0.2, 0.25) is 5.65 Å². The summed E-state index contributed by atoms with van der Waals surface area (Å²) in [4.78, 5) is 11.2. The van der Waals surface area contributed by atoms with Crippen molar-refractivity contribution >= 4 is 23.1 Å². The van der Waals surface area contributed by atoms with E-state index < -0.39 is 6.09 Å². The van der Waals surface area contributed by atoms with Crippen LogP contribution in [0.15, 0.2) is 48.5 Å². The number of nitrogen functional groups attached to an aromatic ring is 1. The molecule has 4 aromatic rings. The molecule has 0 aliphatic rings. The SMILES string of the molecule is Cc1nnc2c(NC(=O)O)cc(-c3cc(N)ccc3Oc3ccc(C#N)cc3)nn12. The summed E-state index contributed by atoms with van der Waals surface area (Å²) in [5, 5.41) is 32.9. The Hall–Kier alpha value is -4.65. The largest absolute Gasteiger partial charge is 0.465 e. The first-order valence-corrected chi connectivity index (χ1v) is 8.75. The molecular formula is C20H15N7O3. The maximum absolute atomic E-state index is 11.2. The van der Waals surface area contributed by atoms with Crippen LogP contribution in [-0.2, 0) is 0 Å². The van der Waals surface area contributed by atoms with Crippen molar-refractivity contribution in [1.82, 2.24) is 19.8 Å². The zero-order valence-electron chi connectivity index (χ0n) is 15.7. The number of nitrogens with zero attached hydrogens (tertiary/aromatic N) is 5. The Morgan fingerprint density at radius 2 is 1.97 bits per heavy atom. The number of aryl methyl sites for hydroxylation is 1. The van der Waals surface area contributed by atoms with Gasteiger partial charge in [0.15, 0.2) is 5.82 Å². The number of anilines is 2. The Kier molecular flexibility index (Phi) is 4.61. The molecule has 0 fully saturated rings. The zero-order valence-corrected chi connectivity index (χ0v) is 15.7. The fourth-order valence-electron chi connectivity index (χ4n) is 2.88. The van der Waals surface area contributed by atoms with Crippen molar-refractivity contribution in [1.29, 1.82) is 5.26 Å². The van der Waals surface area contributed by atoms with Crippen LogP contribution in [0.5, 0.6) is 11.5 Å². The molecule has 4 rings (SSSR count). The third kappa shape index (κ3) is 3.55. The molecule has 2 aromatic heterocycles. The number of nitrogens with one attached hydrogen (secondary N) is 1. The lowest BCUT2D eigenvalue weighted by Crippen LogP contribution is -2.10. The number of benzene rings is 2. The molecule has 0 aliphatic heterocycles. The van der Waals surface area contributed by atoms with E-state index in [1.165, 1.54) is 10.6 Å². The third-order valence-corrected chi connectivity index (χ3v) is 4.26. The minimum atomic E-state index is -1.24. The minimum absolute atomic E-state index is 0.222. The molecule has 0 bridgehead atoms. The highest BCUT2D eigenvalue weighted by molar-refractivity contribution is 5.90. The van der Waals surface area contributed by atoms with E-state index in [-0.39, 0.29) is 11.3 Å². The van der Waals surface area contributed by atoms with Crippen LogP contribution in [0.25, 0.3) is 16.9 Å². The van der Waals surface area contributed by atoms with Crippen LogP contribution in [0.1, 0.15) is 11.4 Å². The summed E-state index contributed by atoms with van der Waals surface area (Å²) < 4.78 is 7.42. The van der Waals surface area contributed by atoms with Crippen molar-refractivity contribution in [2.24, 2.45) is 0 Å². The summed E-state index contributed by atoms with van der Waals surface area (Å²) in [6.45, 7) is 1.70. The number of rotatable bonds is 4. The number of carbonyl (C=O) groups is 1. The second-order valence-corrected chi connectivity index (χ2v) is 6.35. The number of hydrogen-bond acceptors (Lipinski definition) is 7. The molecule has 0 saturated carbocycles. The summed E-state index contributed by atoms with van der Waals surface area (Å²) in [6.07, 6.45) is -1.24. The summed E-state index contributed by atoms with van der Waals surface area (Å²) in [7, 11) is 0. The van der Waals surface area contributed by atoms with E-state index in [1.807, 2.05) is 0 Å². The Bertz CT molecular complexity index is 1310. The van der Waals surface area contributed by atoms with E-state index in [1.54, 1.807) is 49.4 Å². The van der Waals surface area contributed by atoms with E-state index >= 15 is 0 Å². The van der Waals surface area contributed by atoms with Crippen LogP contribution in [-0.4, -0.2) is 31.0 Å². The van der Waals surface area contributed by atoms with Crippen LogP contribution < -0.4 is 15.8 Å². The molecule has 30 heavy (non-hydrogen) atoms. The fourth-order valence-corrected chi connectivity index (χ4v) is 2.88. The molecule has 148 valence electrons. The lowest BCUT2D eigenvalue weighted by Gasteiger charge is -2.13. The average Bonchev–Trinajstić information content (AvgIpc) is 3.10. The summed E-state index contributed by atoms with van der Waals surface area (Å²) in [5.74, 6) is 1.46. The smallest absolute Gasteiger partial charge is 0.409 e. The number of nitrogens with two attached hydrogens (primary N) is 1. The fraction of sp³-hybridized carbons (Fsp3) is 0.0500. The number of ether oxygens (including phenoxy) is 1. The molecule has 4 N–H and O–H groups in total. The Morgan fingerprint density at radius 3 is 2.67 bits per heavy atom. The van der Waals surface area contributed by atoms with Gasteiger partial charge in [-0.3, -0.25) is 5.32 Å². The first-order valence-electron chi connectivity index (χ1n) is 8.75. The van der Waals surface area contributed by atoms with Gasteiger partial charge in [-0.05, 0) is 55.5 Å². The van der Waals surface area contributed by atoms with Crippen LogP contribution in [0.3, 0.4) is 0 Å². The highest BCUT2D eigenvalue weighted by Crippen LogP contribution is 2.35. The Balaban J connectivity index is 1.84. The summed E-state index contributed by atoms with van der Waals surface area (Å²) in [5.41, 5.74) is 8.42. The third-order valence-electron chi connectivity index (χ3n) is 4.26. The minimum Gasteiger partial charge on any atom is -0.465 e. The van der Waals surface area contributed by atoms with Gasteiger partial charge in [-0.2, -0.15) is 14.9 Å². The predicted octanol–water partition coefficient (Wildman–Crippen LogP) is 3.44. The number of hydrogen-bond donors (Lipinski definition) is 3. The van der Waals surface area contributed by atoms with Crippen LogP contribution >= 0.6 is 0 Å². The highest BCUT2D eigenvalue weighted by atomic mass is 16.5. The highest BCUT2D eigenvalue weighted by Gasteiger charge is 2.17. The molecule has 0 aliphatic carbocycles. The van der Waals surface area contributed by atoms with Crippen LogP contribution in [0, 0.1) is 18.3 Å². The molecule has 10 heteroatoms. The van der Waals surface area contributed by atoms with Gasteiger partial charge in [0.1, 0.15) is 11.5 Å². The maximum Gasteiger partial charge on any atom is 0.409 e. The van der Waals surface area contributed by atoms with Crippen molar-refractivity contribution in [2.45, 2.75) is 6.92 Å². The number of carboxylic acid groups (broad SMARTS) is 1. The Morgan fingerprint density at radius 1 is 1.20 bits per heavy atom. The van der Waals surface area contributed by atoms with Crippen molar-refractivity contribution < 1.29 is 14.6 Å². The average molecular weight is 401 g/mol. The van der Waals surface area contributed by atoms with Gasteiger partial charge < -0.3 is 15.6 Å². The van der Waals surface area contributed by atoms with Crippen molar-refractivity contribution in [3.63, 3.8) is 0 Å². The van der Waals surface area contributed by atoms with Gasteiger partial charge in [-0.25, -0.2) is 4.79 Å². The van der Waals surface area contributed by atoms with Crippen molar-refractivity contribution in [2.75, 3.05) is 11.1 Å². The molecule has 0 atom stereocenters. The summed E-state index contributed by atoms with van der Waals surface area (Å²) >= 11 is 0. The molecular weight excluding hydrogens is 386 g/mol. The van der Waals surface area contributed by atoms with Crippen LogP contribution in [0.2, 0.25) is 0 Å². The second kappa shape index (κ2) is 7.40. The van der Waals surface area contributed by atoms with Crippen molar-refractivity contribution in [3.8, 4) is 28.8 Å². The molecule has 0 saturated heterocycles.